The lowest BCUT2D eigenvalue weighted by Crippen LogP contribution is -2.48. The van der Waals surface area contributed by atoms with Gasteiger partial charge in [0.05, 0.1) is 12.8 Å². The van der Waals surface area contributed by atoms with Crippen LogP contribution in [0.15, 0.2) is 30.0 Å². The van der Waals surface area contributed by atoms with Gasteiger partial charge < -0.3 is 29.3 Å². The fourth-order valence-electron chi connectivity index (χ4n) is 3.20. The maximum Gasteiger partial charge on any atom is 0.350 e. The third-order valence-corrected chi connectivity index (χ3v) is 4.76. The molecule has 0 atom stereocenters. The second kappa shape index (κ2) is 8.02. The van der Waals surface area contributed by atoms with Gasteiger partial charge in [-0.3, -0.25) is 4.79 Å². The van der Waals surface area contributed by atoms with Gasteiger partial charge in [0.15, 0.2) is 5.57 Å². The molecule has 0 aromatic heterocycles. The highest BCUT2D eigenvalue weighted by molar-refractivity contribution is 6.15. The summed E-state index contributed by atoms with van der Waals surface area (Å²) in [5, 5.41) is 2.91. The van der Waals surface area contributed by atoms with E-state index in [1.54, 1.807) is 13.0 Å². The number of carbonyl (C=O) groups is 3. The van der Waals surface area contributed by atoms with E-state index >= 15 is 0 Å². The van der Waals surface area contributed by atoms with E-state index in [0.717, 1.165) is 18.8 Å². The predicted octanol–water partition coefficient (Wildman–Crippen LogP) is 1.50. The fourth-order valence-corrected chi connectivity index (χ4v) is 3.20. The number of hydrogen-bond acceptors (Lipinski definition) is 8. The van der Waals surface area contributed by atoms with Crippen LogP contribution in [0.5, 0.6) is 5.75 Å². The zero-order valence-electron chi connectivity index (χ0n) is 17.0. The largest absolute Gasteiger partial charge is 0.494 e. The number of hydrogen-bond donors (Lipinski definition) is 1. The Hall–Kier alpha value is -3.23. The maximum absolute atomic E-state index is 12.0. The van der Waals surface area contributed by atoms with Crippen molar-refractivity contribution in [3.05, 3.63) is 30.0 Å². The second-order valence-electron chi connectivity index (χ2n) is 7.26. The molecule has 0 aliphatic carbocycles. The van der Waals surface area contributed by atoms with Gasteiger partial charge in [0.2, 0.25) is 5.91 Å². The third-order valence-electron chi connectivity index (χ3n) is 4.76. The third kappa shape index (κ3) is 4.61. The van der Waals surface area contributed by atoms with Gasteiger partial charge in [-0.15, -0.1) is 0 Å². The van der Waals surface area contributed by atoms with Gasteiger partial charge in [0.1, 0.15) is 5.75 Å². The highest BCUT2D eigenvalue weighted by Crippen LogP contribution is 2.31. The number of esters is 2. The van der Waals surface area contributed by atoms with Crippen molar-refractivity contribution in [3.8, 4) is 5.75 Å². The summed E-state index contributed by atoms with van der Waals surface area (Å²) in [5.74, 6) is -2.16. The van der Waals surface area contributed by atoms with E-state index in [1.807, 2.05) is 17.0 Å². The van der Waals surface area contributed by atoms with E-state index in [1.165, 1.54) is 27.2 Å². The summed E-state index contributed by atoms with van der Waals surface area (Å²) in [6, 6.07) is 5.57. The van der Waals surface area contributed by atoms with Crippen LogP contribution in [-0.2, 0) is 23.9 Å². The summed E-state index contributed by atoms with van der Waals surface area (Å²) in [6.45, 7) is 7.36. The van der Waals surface area contributed by atoms with Gasteiger partial charge >= 0.3 is 11.9 Å². The molecule has 1 aromatic rings. The molecule has 1 aromatic carbocycles. The molecule has 9 nitrogen and oxygen atoms in total. The first-order chi connectivity index (χ1) is 13.7. The molecule has 29 heavy (non-hydrogen) atoms. The average molecular weight is 403 g/mol. The Morgan fingerprint density at radius 2 is 1.76 bits per heavy atom. The number of piperazine rings is 1. The smallest absolute Gasteiger partial charge is 0.350 e. The number of benzene rings is 1. The number of rotatable bonds is 4. The van der Waals surface area contributed by atoms with Crippen LogP contribution in [0.2, 0.25) is 0 Å². The molecule has 1 amide bonds. The van der Waals surface area contributed by atoms with Gasteiger partial charge in [0.25, 0.3) is 5.79 Å². The molecule has 156 valence electrons. The topological polar surface area (TPSA) is 97.4 Å². The van der Waals surface area contributed by atoms with Crippen molar-refractivity contribution >= 4 is 29.2 Å². The van der Waals surface area contributed by atoms with Crippen molar-refractivity contribution < 1.29 is 28.6 Å². The van der Waals surface area contributed by atoms with Crippen LogP contribution in [0, 0.1) is 0 Å². The summed E-state index contributed by atoms with van der Waals surface area (Å²) >= 11 is 0. The standard InChI is InChI=1S/C20H25N3O6/c1-13(24)22-7-9-23(10-8-22)14-5-6-16(17(11-14)27-4)21-12-15-18(25)28-20(2,3)29-19(15)26/h5-6,11-12,21H,7-10H2,1-4H3. The van der Waals surface area contributed by atoms with Crippen LogP contribution in [-0.4, -0.2) is 61.8 Å². The Balaban J connectivity index is 1.72. The minimum absolute atomic E-state index is 0.0815. The summed E-state index contributed by atoms with van der Waals surface area (Å²) in [4.78, 5) is 39.5. The van der Waals surface area contributed by atoms with Crippen molar-refractivity contribution in [2.24, 2.45) is 0 Å². The first-order valence-corrected chi connectivity index (χ1v) is 9.32. The molecule has 0 unspecified atom stereocenters. The summed E-state index contributed by atoms with van der Waals surface area (Å²) < 4.78 is 15.6. The first kappa shape index (κ1) is 20.5. The molecule has 2 aliphatic rings. The number of cyclic esters (lactones) is 2. The zero-order valence-corrected chi connectivity index (χ0v) is 17.0. The van der Waals surface area contributed by atoms with E-state index in [2.05, 4.69) is 10.2 Å². The maximum atomic E-state index is 12.0. The van der Waals surface area contributed by atoms with E-state index in [9.17, 15) is 14.4 Å². The van der Waals surface area contributed by atoms with Gasteiger partial charge in [-0.1, -0.05) is 0 Å². The number of carbonyl (C=O) groups excluding carboxylic acids is 3. The van der Waals surface area contributed by atoms with E-state index in [4.69, 9.17) is 14.2 Å². The summed E-state index contributed by atoms with van der Waals surface area (Å²) in [6.07, 6.45) is 1.25. The minimum Gasteiger partial charge on any atom is -0.494 e. The van der Waals surface area contributed by atoms with Gasteiger partial charge in [-0.2, -0.15) is 0 Å². The monoisotopic (exact) mass is 403 g/mol. The number of nitrogens with zero attached hydrogens (tertiary/aromatic N) is 2. The van der Waals surface area contributed by atoms with Crippen LogP contribution in [0.3, 0.4) is 0 Å². The molecule has 2 fully saturated rings. The second-order valence-corrected chi connectivity index (χ2v) is 7.26. The van der Waals surface area contributed by atoms with Gasteiger partial charge in [0, 0.05) is 64.9 Å². The fraction of sp³-hybridized carbons (Fsp3) is 0.450. The lowest BCUT2D eigenvalue weighted by molar-refractivity contribution is -0.222. The molecule has 2 aliphatic heterocycles. The van der Waals surface area contributed by atoms with Crippen LogP contribution < -0.4 is 15.0 Å². The number of amides is 1. The Morgan fingerprint density at radius 1 is 1.14 bits per heavy atom. The normalized spacial score (nSPS) is 18.7. The van der Waals surface area contributed by atoms with Crippen molar-refractivity contribution in [2.45, 2.75) is 26.6 Å². The number of ether oxygens (including phenoxy) is 3. The van der Waals surface area contributed by atoms with Crippen molar-refractivity contribution in [3.63, 3.8) is 0 Å². The Morgan fingerprint density at radius 3 is 2.31 bits per heavy atom. The van der Waals surface area contributed by atoms with Gasteiger partial charge in [-0.25, -0.2) is 9.59 Å². The molecule has 0 spiro atoms. The molecule has 9 heteroatoms. The molecule has 1 N–H and O–H groups in total. The highest BCUT2D eigenvalue weighted by Gasteiger charge is 2.39. The van der Waals surface area contributed by atoms with Gasteiger partial charge in [-0.05, 0) is 12.1 Å². The van der Waals surface area contributed by atoms with Crippen LogP contribution in [0.1, 0.15) is 20.8 Å². The zero-order chi connectivity index (χ0) is 21.2. The van der Waals surface area contributed by atoms with E-state index in [0.29, 0.717) is 24.5 Å². The molecular weight excluding hydrogens is 378 g/mol. The average Bonchev–Trinajstić information content (AvgIpc) is 2.66. The number of nitrogens with one attached hydrogen (secondary N) is 1. The number of anilines is 2. The van der Waals surface area contributed by atoms with Crippen LogP contribution in [0.25, 0.3) is 0 Å². The Kier molecular flexibility index (Phi) is 5.67. The lowest BCUT2D eigenvalue weighted by atomic mass is 10.2. The van der Waals surface area contributed by atoms with Crippen LogP contribution in [0.4, 0.5) is 11.4 Å². The van der Waals surface area contributed by atoms with E-state index < -0.39 is 17.7 Å². The number of methoxy groups -OCH3 is 1. The Bertz CT molecular complexity index is 834. The van der Waals surface area contributed by atoms with Crippen molar-refractivity contribution in [2.75, 3.05) is 43.5 Å². The Labute approximate surface area is 169 Å². The van der Waals surface area contributed by atoms with E-state index in [-0.39, 0.29) is 11.5 Å². The first-order valence-electron chi connectivity index (χ1n) is 9.32. The molecular formula is C20H25N3O6. The SMILES string of the molecule is COc1cc(N2CCN(C(C)=O)CC2)ccc1NC=C1C(=O)OC(C)(C)OC1=O. The molecule has 2 saturated heterocycles. The van der Waals surface area contributed by atoms with Crippen molar-refractivity contribution in [1.29, 1.82) is 0 Å². The molecule has 2 heterocycles. The lowest BCUT2D eigenvalue weighted by Gasteiger charge is -2.35. The molecule has 0 saturated carbocycles. The molecule has 0 bridgehead atoms. The summed E-state index contributed by atoms with van der Waals surface area (Å²) in [7, 11) is 1.54. The summed E-state index contributed by atoms with van der Waals surface area (Å²) in [5.41, 5.74) is 1.31. The predicted molar refractivity (Wildman–Crippen MR) is 105 cm³/mol. The highest BCUT2D eigenvalue weighted by atomic mass is 16.7. The van der Waals surface area contributed by atoms with Crippen LogP contribution >= 0.6 is 0 Å². The minimum atomic E-state index is -1.28. The van der Waals surface area contributed by atoms with Crippen molar-refractivity contribution in [1.82, 2.24) is 4.90 Å². The quantitative estimate of drug-likeness (QED) is 0.459. The molecule has 3 rings (SSSR count). The molecule has 0 radical (unpaired) electrons.